The number of pyridine rings is 1. The number of halogens is 2. The van der Waals surface area contributed by atoms with Crippen molar-refractivity contribution in [3.05, 3.63) is 95.3 Å². The minimum absolute atomic E-state index is 0.180. The van der Waals surface area contributed by atoms with E-state index in [-0.39, 0.29) is 16.8 Å². The molecule has 0 saturated heterocycles. The molecule has 30 heavy (non-hydrogen) atoms. The van der Waals surface area contributed by atoms with Gasteiger partial charge in [0.2, 0.25) is 5.95 Å². The van der Waals surface area contributed by atoms with Crippen molar-refractivity contribution >= 4 is 15.7 Å². The van der Waals surface area contributed by atoms with Gasteiger partial charge in [-0.3, -0.25) is 0 Å². The SMILES string of the molecule is C[C@@H]1NC(c2cccc(S(C)(=O)=O)c2)=N[C@@]1(c1ccc(F)cc1)c1ccc(F)nc1. The van der Waals surface area contributed by atoms with Crippen molar-refractivity contribution in [1.82, 2.24) is 10.3 Å². The van der Waals surface area contributed by atoms with E-state index in [9.17, 15) is 17.2 Å². The molecule has 2 atom stereocenters. The van der Waals surface area contributed by atoms with E-state index in [1.165, 1.54) is 30.5 Å². The molecule has 0 aliphatic carbocycles. The Morgan fingerprint density at radius 3 is 2.33 bits per heavy atom. The lowest BCUT2D eigenvalue weighted by molar-refractivity contribution is 0.449. The van der Waals surface area contributed by atoms with Crippen molar-refractivity contribution in [2.24, 2.45) is 4.99 Å². The van der Waals surface area contributed by atoms with Crippen LogP contribution in [0.15, 0.2) is 76.7 Å². The van der Waals surface area contributed by atoms with E-state index in [2.05, 4.69) is 10.3 Å². The predicted octanol–water partition coefficient (Wildman–Crippen LogP) is 3.45. The lowest BCUT2D eigenvalue weighted by atomic mass is 9.79. The highest BCUT2D eigenvalue weighted by molar-refractivity contribution is 7.90. The Hall–Kier alpha value is -3.13. The summed E-state index contributed by atoms with van der Waals surface area (Å²) in [5.74, 6) is -0.506. The molecule has 0 unspecified atom stereocenters. The van der Waals surface area contributed by atoms with Gasteiger partial charge < -0.3 is 5.32 Å². The Morgan fingerprint density at radius 1 is 1.00 bits per heavy atom. The van der Waals surface area contributed by atoms with Gasteiger partial charge in [-0.2, -0.15) is 4.39 Å². The number of nitrogens with one attached hydrogen (secondary N) is 1. The van der Waals surface area contributed by atoms with Crippen LogP contribution in [0.25, 0.3) is 0 Å². The summed E-state index contributed by atoms with van der Waals surface area (Å²) < 4.78 is 51.0. The number of aromatic nitrogens is 1. The summed E-state index contributed by atoms with van der Waals surface area (Å²) in [5, 5.41) is 3.31. The Morgan fingerprint density at radius 2 is 1.70 bits per heavy atom. The van der Waals surface area contributed by atoms with Crippen molar-refractivity contribution < 1.29 is 17.2 Å². The third kappa shape index (κ3) is 3.47. The van der Waals surface area contributed by atoms with E-state index in [4.69, 9.17) is 4.99 Å². The van der Waals surface area contributed by atoms with Gasteiger partial charge in [0.05, 0.1) is 10.9 Å². The number of amidine groups is 1. The summed E-state index contributed by atoms with van der Waals surface area (Å²) in [6.45, 7) is 1.91. The molecule has 8 heteroatoms. The molecule has 1 aliphatic rings. The smallest absolute Gasteiger partial charge is 0.212 e. The second kappa shape index (κ2) is 7.28. The molecule has 1 aliphatic heterocycles. The average molecular weight is 427 g/mol. The first kappa shape index (κ1) is 20.2. The van der Waals surface area contributed by atoms with Crippen LogP contribution in [-0.2, 0) is 15.4 Å². The van der Waals surface area contributed by atoms with Crippen molar-refractivity contribution in [1.29, 1.82) is 0 Å². The summed E-state index contributed by atoms with van der Waals surface area (Å²) in [6, 6.07) is 15.0. The van der Waals surface area contributed by atoms with Crippen LogP contribution in [0.2, 0.25) is 0 Å². The number of sulfone groups is 1. The first-order chi connectivity index (χ1) is 14.2. The van der Waals surface area contributed by atoms with Gasteiger partial charge in [-0.05, 0) is 42.8 Å². The minimum Gasteiger partial charge on any atom is -0.364 e. The fourth-order valence-corrected chi connectivity index (χ4v) is 4.40. The summed E-state index contributed by atoms with van der Waals surface area (Å²) in [5.41, 5.74) is 0.936. The molecule has 0 bridgehead atoms. The Bertz CT molecular complexity index is 1180. The topological polar surface area (TPSA) is 71.4 Å². The van der Waals surface area contributed by atoms with Crippen LogP contribution in [0, 0.1) is 11.8 Å². The summed E-state index contributed by atoms with van der Waals surface area (Å²) in [7, 11) is -3.39. The highest BCUT2D eigenvalue weighted by atomic mass is 32.2. The first-order valence-corrected chi connectivity index (χ1v) is 11.1. The third-order valence-electron chi connectivity index (χ3n) is 5.26. The molecule has 2 heterocycles. The van der Waals surface area contributed by atoms with E-state index in [0.29, 0.717) is 22.5 Å². The van der Waals surface area contributed by atoms with Gasteiger partial charge in [-0.15, -0.1) is 0 Å². The molecule has 4 rings (SSSR count). The van der Waals surface area contributed by atoms with Crippen LogP contribution >= 0.6 is 0 Å². The first-order valence-electron chi connectivity index (χ1n) is 9.25. The molecule has 0 saturated carbocycles. The molecule has 154 valence electrons. The maximum atomic E-state index is 13.6. The zero-order valence-electron chi connectivity index (χ0n) is 16.3. The Balaban J connectivity index is 1.91. The molecule has 5 nitrogen and oxygen atoms in total. The van der Waals surface area contributed by atoms with Gasteiger partial charge >= 0.3 is 0 Å². The number of aliphatic imine (C=N–C) groups is 1. The van der Waals surface area contributed by atoms with E-state index < -0.39 is 21.3 Å². The average Bonchev–Trinajstić information content (AvgIpc) is 3.07. The van der Waals surface area contributed by atoms with Crippen molar-refractivity contribution in [3.63, 3.8) is 0 Å². The van der Waals surface area contributed by atoms with Gasteiger partial charge in [-0.1, -0.05) is 30.3 Å². The van der Waals surface area contributed by atoms with Crippen LogP contribution < -0.4 is 5.32 Å². The van der Waals surface area contributed by atoms with Gasteiger partial charge in [0.15, 0.2) is 9.84 Å². The number of nitrogens with zero attached hydrogens (tertiary/aromatic N) is 2. The lowest BCUT2D eigenvalue weighted by Crippen LogP contribution is -2.41. The maximum absolute atomic E-state index is 13.6. The maximum Gasteiger partial charge on any atom is 0.212 e. The van der Waals surface area contributed by atoms with Crippen LogP contribution in [0.3, 0.4) is 0 Å². The third-order valence-corrected chi connectivity index (χ3v) is 6.37. The molecule has 1 N–H and O–H groups in total. The minimum atomic E-state index is -3.39. The number of hydrogen-bond donors (Lipinski definition) is 1. The highest BCUT2D eigenvalue weighted by Crippen LogP contribution is 2.40. The van der Waals surface area contributed by atoms with Crippen LogP contribution in [0.5, 0.6) is 0 Å². The second-order valence-corrected chi connectivity index (χ2v) is 9.29. The number of rotatable bonds is 4. The Kier molecular flexibility index (Phi) is 4.89. The molecule has 0 spiro atoms. The lowest BCUT2D eigenvalue weighted by Gasteiger charge is -2.31. The summed E-state index contributed by atoms with van der Waals surface area (Å²) >= 11 is 0. The zero-order valence-corrected chi connectivity index (χ0v) is 17.1. The van der Waals surface area contributed by atoms with Gasteiger partial charge in [0.1, 0.15) is 17.2 Å². The zero-order chi connectivity index (χ0) is 21.5. The van der Waals surface area contributed by atoms with Crippen molar-refractivity contribution in [3.8, 4) is 0 Å². The molecule has 0 amide bonds. The quantitative estimate of drug-likeness (QED) is 0.648. The molecular formula is C22H19F2N3O2S. The molecule has 2 aromatic carbocycles. The molecule has 3 aromatic rings. The van der Waals surface area contributed by atoms with Crippen LogP contribution in [0.4, 0.5) is 8.78 Å². The van der Waals surface area contributed by atoms with E-state index in [0.717, 1.165) is 6.26 Å². The summed E-state index contributed by atoms with van der Waals surface area (Å²) in [6.07, 6.45) is 2.56. The number of hydrogen-bond acceptors (Lipinski definition) is 5. The Labute approximate surface area is 173 Å². The largest absolute Gasteiger partial charge is 0.364 e. The predicted molar refractivity (Wildman–Crippen MR) is 110 cm³/mol. The van der Waals surface area contributed by atoms with Crippen molar-refractivity contribution in [2.45, 2.75) is 23.4 Å². The van der Waals surface area contributed by atoms with Gasteiger partial charge in [0, 0.05) is 23.6 Å². The van der Waals surface area contributed by atoms with Crippen LogP contribution in [-0.4, -0.2) is 31.5 Å². The van der Waals surface area contributed by atoms with E-state index >= 15 is 0 Å². The van der Waals surface area contributed by atoms with Crippen molar-refractivity contribution in [2.75, 3.05) is 6.26 Å². The highest BCUT2D eigenvalue weighted by Gasteiger charge is 2.45. The van der Waals surface area contributed by atoms with Gasteiger partial charge in [0.25, 0.3) is 0 Å². The van der Waals surface area contributed by atoms with E-state index in [1.54, 1.807) is 36.4 Å². The van der Waals surface area contributed by atoms with E-state index in [1.807, 2.05) is 6.92 Å². The molecule has 0 radical (unpaired) electrons. The van der Waals surface area contributed by atoms with Gasteiger partial charge in [-0.25, -0.2) is 22.8 Å². The normalized spacial score (nSPS) is 21.2. The second-order valence-electron chi connectivity index (χ2n) is 7.27. The number of benzene rings is 2. The molecular weight excluding hydrogens is 408 g/mol. The molecule has 0 fully saturated rings. The van der Waals surface area contributed by atoms with Crippen LogP contribution in [0.1, 0.15) is 23.6 Å². The fourth-order valence-electron chi connectivity index (χ4n) is 3.74. The summed E-state index contributed by atoms with van der Waals surface area (Å²) in [4.78, 5) is 8.87. The standard InChI is InChI=1S/C22H19F2N3O2S/c1-14-22(16-6-9-18(23)10-7-16,17-8-11-20(24)25-13-17)27-21(26-14)15-4-3-5-19(12-15)30(2,28)29/h3-14H,1-2H3,(H,26,27)/t14-,22-/m0/s1. The fraction of sp³-hybridized carbons (Fsp3) is 0.182. The monoisotopic (exact) mass is 427 g/mol. The molecule has 1 aromatic heterocycles.